The maximum absolute atomic E-state index is 11.9. The van der Waals surface area contributed by atoms with Gasteiger partial charge in [-0.2, -0.15) is 0 Å². The van der Waals surface area contributed by atoms with E-state index in [1.54, 1.807) is 48.5 Å². The maximum atomic E-state index is 11.9. The standard InChI is InChI=1S/C17H16N2O5/c1-23-16-5-3-2-4-15(16)18-17(20)12-24-14-8-6-13(7-9-14)10-11-19(21)22/h2-11H,12H2,1H3,(H,18,20)/b11-10+. The zero-order chi connectivity index (χ0) is 17.4. The number of nitrogens with zero attached hydrogens (tertiary/aromatic N) is 1. The topological polar surface area (TPSA) is 90.7 Å². The molecule has 24 heavy (non-hydrogen) atoms. The first-order valence-corrected chi connectivity index (χ1v) is 7.06. The molecule has 0 aliphatic rings. The van der Waals surface area contributed by atoms with Crippen LogP contribution in [-0.4, -0.2) is 24.5 Å². The number of nitrogens with one attached hydrogen (secondary N) is 1. The van der Waals surface area contributed by atoms with Crippen molar-refractivity contribution in [1.29, 1.82) is 0 Å². The molecule has 1 N–H and O–H groups in total. The van der Waals surface area contributed by atoms with Crippen molar-refractivity contribution in [2.45, 2.75) is 0 Å². The molecule has 0 spiro atoms. The molecular formula is C17H16N2O5. The van der Waals surface area contributed by atoms with Crippen LogP contribution < -0.4 is 14.8 Å². The Hall–Kier alpha value is -3.35. The summed E-state index contributed by atoms with van der Waals surface area (Å²) in [6.45, 7) is -0.165. The highest BCUT2D eigenvalue weighted by molar-refractivity contribution is 5.93. The first-order chi connectivity index (χ1) is 11.6. The molecule has 2 rings (SSSR count). The first-order valence-electron chi connectivity index (χ1n) is 7.06. The zero-order valence-corrected chi connectivity index (χ0v) is 13.0. The number of para-hydroxylation sites is 2. The summed E-state index contributed by atoms with van der Waals surface area (Å²) in [7, 11) is 1.52. The normalized spacial score (nSPS) is 10.4. The summed E-state index contributed by atoms with van der Waals surface area (Å²) < 4.78 is 10.5. The molecule has 1 amide bonds. The third-order valence-electron chi connectivity index (χ3n) is 3.02. The van der Waals surface area contributed by atoms with E-state index in [1.165, 1.54) is 13.2 Å². The molecule has 2 aromatic rings. The van der Waals surface area contributed by atoms with E-state index in [4.69, 9.17) is 9.47 Å². The van der Waals surface area contributed by atoms with Gasteiger partial charge in [-0.3, -0.25) is 14.9 Å². The molecule has 0 saturated carbocycles. The molecule has 0 atom stereocenters. The van der Waals surface area contributed by atoms with Gasteiger partial charge < -0.3 is 14.8 Å². The van der Waals surface area contributed by atoms with Crippen molar-refractivity contribution in [2.75, 3.05) is 19.0 Å². The number of benzene rings is 2. The Labute approximate surface area is 138 Å². The summed E-state index contributed by atoms with van der Waals surface area (Å²) in [5.74, 6) is 0.730. The summed E-state index contributed by atoms with van der Waals surface area (Å²) in [5.41, 5.74) is 1.23. The molecule has 0 fully saturated rings. The molecule has 7 nitrogen and oxygen atoms in total. The van der Waals surface area contributed by atoms with Crippen LogP contribution in [0.1, 0.15) is 5.56 Å². The van der Waals surface area contributed by atoms with E-state index in [-0.39, 0.29) is 12.5 Å². The zero-order valence-electron chi connectivity index (χ0n) is 13.0. The van der Waals surface area contributed by atoms with Crippen molar-refractivity contribution in [2.24, 2.45) is 0 Å². The second-order valence-corrected chi connectivity index (χ2v) is 4.71. The molecule has 0 unspecified atom stereocenters. The summed E-state index contributed by atoms with van der Waals surface area (Å²) in [5, 5.41) is 13.0. The Bertz CT molecular complexity index is 741. The van der Waals surface area contributed by atoms with Crippen LogP contribution in [0.3, 0.4) is 0 Å². The first kappa shape index (κ1) is 17.0. The molecule has 0 aromatic heterocycles. The minimum atomic E-state index is -0.535. The molecule has 124 valence electrons. The van der Waals surface area contributed by atoms with Crippen molar-refractivity contribution in [3.8, 4) is 11.5 Å². The average Bonchev–Trinajstić information content (AvgIpc) is 2.59. The summed E-state index contributed by atoms with van der Waals surface area (Å²) in [6.07, 6.45) is 2.23. The van der Waals surface area contributed by atoms with Gasteiger partial charge in [0.1, 0.15) is 11.5 Å². The predicted molar refractivity (Wildman–Crippen MR) is 89.6 cm³/mol. The highest BCUT2D eigenvalue weighted by atomic mass is 16.6. The quantitative estimate of drug-likeness (QED) is 0.623. The van der Waals surface area contributed by atoms with Gasteiger partial charge >= 0.3 is 0 Å². The van der Waals surface area contributed by atoms with E-state index in [2.05, 4.69) is 5.32 Å². The third-order valence-corrected chi connectivity index (χ3v) is 3.02. The Morgan fingerprint density at radius 2 is 1.92 bits per heavy atom. The minimum Gasteiger partial charge on any atom is -0.495 e. The van der Waals surface area contributed by atoms with Gasteiger partial charge in [0.05, 0.1) is 17.7 Å². The van der Waals surface area contributed by atoms with Crippen LogP contribution in [0.15, 0.2) is 54.7 Å². The number of rotatable bonds is 7. The minimum absolute atomic E-state index is 0.165. The van der Waals surface area contributed by atoms with Crippen LogP contribution in [0.2, 0.25) is 0 Å². The Morgan fingerprint density at radius 3 is 2.58 bits per heavy atom. The van der Waals surface area contributed by atoms with Crippen LogP contribution in [0, 0.1) is 10.1 Å². The van der Waals surface area contributed by atoms with Gasteiger partial charge in [-0.05, 0) is 29.8 Å². The number of amides is 1. The number of anilines is 1. The van der Waals surface area contributed by atoms with E-state index in [9.17, 15) is 14.9 Å². The Morgan fingerprint density at radius 1 is 1.21 bits per heavy atom. The predicted octanol–water partition coefficient (Wildman–Crippen LogP) is 2.96. The van der Waals surface area contributed by atoms with Crippen molar-refractivity contribution < 1.29 is 19.2 Å². The Balaban J connectivity index is 1.88. The molecule has 0 radical (unpaired) electrons. The lowest BCUT2D eigenvalue weighted by atomic mass is 10.2. The van der Waals surface area contributed by atoms with E-state index in [0.29, 0.717) is 22.7 Å². The SMILES string of the molecule is COc1ccccc1NC(=O)COc1ccc(/C=C/[N+](=O)[O-])cc1. The van der Waals surface area contributed by atoms with E-state index < -0.39 is 4.92 Å². The highest BCUT2D eigenvalue weighted by Crippen LogP contribution is 2.22. The van der Waals surface area contributed by atoms with Crippen LogP contribution in [0.5, 0.6) is 11.5 Å². The number of nitro groups is 1. The second kappa shape index (κ2) is 8.33. The second-order valence-electron chi connectivity index (χ2n) is 4.71. The van der Waals surface area contributed by atoms with Gasteiger partial charge in [0.25, 0.3) is 5.91 Å². The van der Waals surface area contributed by atoms with E-state index in [1.807, 2.05) is 0 Å². The fourth-order valence-electron chi connectivity index (χ4n) is 1.91. The van der Waals surface area contributed by atoms with Gasteiger partial charge in [-0.15, -0.1) is 0 Å². The molecule has 0 saturated heterocycles. The van der Waals surface area contributed by atoms with Crippen LogP contribution in [0.4, 0.5) is 5.69 Å². The largest absolute Gasteiger partial charge is 0.495 e. The highest BCUT2D eigenvalue weighted by Gasteiger charge is 2.07. The summed E-state index contributed by atoms with van der Waals surface area (Å²) in [6, 6.07) is 13.7. The number of carbonyl (C=O) groups excluding carboxylic acids is 1. The molecule has 0 heterocycles. The number of hydrogen-bond donors (Lipinski definition) is 1. The van der Waals surface area contributed by atoms with Crippen molar-refractivity contribution in [1.82, 2.24) is 0 Å². The Kier molecular flexibility index (Phi) is 5.90. The fraction of sp³-hybridized carbons (Fsp3) is 0.118. The average molecular weight is 328 g/mol. The molecular weight excluding hydrogens is 312 g/mol. The molecule has 7 heteroatoms. The van der Waals surface area contributed by atoms with Crippen molar-refractivity contribution >= 4 is 17.7 Å². The maximum Gasteiger partial charge on any atom is 0.262 e. The number of hydrogen-bond acceptors (Lipinski definition) is 5. The van der Waals surface area contributed by atoms with Crippen molar-refractivity contribution in [3.05, 3.63) is 70.4 Å². The van der Waals surface area contributed by atoms with Gasteiger partial charge in [0.2, 0.25) is 6.20 Å². The number of methoxy groups -OCH3 is 1. The van der Waals surface area contributed by atoms with Crippen LogP contribution in [-0.2, 0) is 4.79 Å². The third kappa shape index (κ3) is 5.13. The van der Waals surface area contributed by atoms with Crippen molar-refractivity contribution in [3.63, 3.8) is 0 Å². The monoisotopic (exact) mass is 328 g/mol. The lowest BCUT2D eigenvalue weighted by Gasteiger charge is -2.10. The lowest BCUT2D eigenvalue weighted by molar-refractivity contribution is -0.400. The number of carbonyl (C=O) groups is 1. The summed E-state index contributed by atoms with van der Waals surface area (Å²) >= 11 is 0. The molecule has 2 aromatic carbocycles. The van der Waals surface area contributed by atoms with Gasteiger partial charge in [-0.25, -0.2) is 0 Å². The number of ether oxygens (including phenoxy) is 2. The molecule has 0 aliphatic carbocycles. The smallest absolute Gasteiger partial charge is 0.262 e. The molecule has 0 bridgehead atoms. The van der Waals surface area contributed by atoms with Gasteiger partial charge in [0, 0.05) is 6.08 Å². The van der Waals surface area contributed by atoms with Crippen LogP contribution >= 0.6 is 0 Å². The summed E-state index contributed by atoms with van der Waals surface area (Å²) in [4.78, 5) is 21.6. The van der Waals surface area contributed by atoms with Crippen LogP contribution in [0.25, 0.3) is 6.08 Å². The van der Waals surface area contributed by atoms with Gasteiger partial charge in [-0.1, -0.05) is 24.3 Å². The van der Waals surface area contributed by atoms with E-state index in [0.717, 1.165) is 6.20 Å². The molecule has 0 aliphatic heterocycles. The lowest BCUT2D eigenvalue weighted by Crippen LogP contribution is -2.20. The fourth-order valence-corrected chi connectivity index (χ4v) is 1.91. The van der Waals surface area contributed by atoms with E-state index >= 15 is 0 Å². The van der Waals surface area contributed by atoms with Gasteiger partial charge in [0.15, 0.2) is 6.61 Å².